The van der Waals surface area contributed by atoms with Crippen LogP contribution in [0.2, 0.25) is 0 Å². The van der Waals surface area contributed by atoms with Gasteiger partial charge < -0.3 is 40.7 Å². The van der Waals surface area contributed by atoms with E-state index >= 15 is 0 Å². The molecule has 0 aromatic rings. The molecule has 10 nitrogen and oxygen atoms in total. The number of carbonyl (C=O) groups excluding carboxylic acids is 2. The van der Waals surface area contributed by atoms with Crippen molar-refractivity contribution in [2.75, 3.05) is 13.2 Å². The minimum absolute atomic E-state index is 0.0734. The second-order valence-electron chi connectivity index (χ2n) is 7.37. The fourth-order valence-electron chi connectivity index (χ4n) is 2.17. The van der Waals surface area contributed by atoms with Crippen molar-refractivity contribution >= 4 is 11.9 Å². The van der Waals surface area contributed by atoms with Crippen molar-refractivity contribution < 1.29 is 45.0 Å². The van der Waals surface area contributed by atoms with E-state index in [9.17, 15) is 35.1 Å². The summed E-state index contributed by atoms with van der Waals surface area (Å²) >= 11 is 0. The number of ketones is 1. The number of aliphatic hydroxyl groups excluding tert-OH is 6. The number of nitrogens with one attached hydrogen (secondary N) is 1. The molecule has 10 heteroatoms. The van der Waals surface area contributed by atoms with Crippen molar-refractivity contribution in [3.63, 3.8) is 0 Å². The fraction of sp³-hybridized carbons (Fsp3) is 0.882. The van der Waals surface area contributed by atoms with Gasteiger partial charge in [0.05, 0.1) is 6.61 Å². The van der Waals surface area contributed by atoms with Gasteiger partial charge in [-0.15, -0.1) is 0 Å². The molecule has 0 aromatic carbocycles. The zero-order valence-electron chi connectivity index (χ0n) is 16.0. The van der Waals surface area contributed by atoms with E-state index in [0.717, 1.165) is 0 Å². The van der Waals surface area contributed by atoms with Crippen LogP contribution in [0.15, 0.2) is 0 Å². The SMILES string of the molecule is CC(C)(C)OC(=O)NCCCCCC(=O)C(O)[C@H](O)[C@@H](O)[C@H](O)[C@H](O)CO. The molecule has 0 saturated heterocycles. The number of aliphatic hydroxyl groups is 6. The number of hydrogen-bond acceptors (Lipinski definition) is 9. The maximum atomic E-state index is 11.8. The van der Waals surface area contributed by atoms with Gasteiger partial charge in [-0.1, -0.05) is 6.42 Å². The smallest absolute Gasteiger partial charge is 0.407 e. The average Bonchev–Trinajstić information content (AvgIpc) is 2.59. The Kier molecular flexibility index (Phi) is 11.6. The molecule has 1 amide bonds. The van der Waals surface area contributed by atoms with Crippen molar-refractivity contribution in [2.45, 2.75) is 82.6 Å². The second-order valence-corrected chi connectivity index (χ2v) is 7.37. The quantitative estimate of drug-likeness (QED) is 0.192. The van der Waals surface area contributed by atoms with Gasteiger partial charge in [0.15, 0.2) is 5.78 Å². The predicted molar refractivity (Wildman–Crippen MR) is 94.8 cm³/mol. The molecule has 0 aliphatic carbocycles. The van der Waals surface area contributed by atoms with E-state index in [4.69, 9.17) is 9.84 Å². The van der Waals surface area contributed by atoms with E-state index in [1.165, 1.54) is 0 Å². The van der Waals surface area contributed by atoms with E-state index < -0.39 is 54.6 Å². The van der Waals surface area contributed by atoms with Gasteiger partial charge in [-0.3, -0.25) is 4.79 Å². The fourth-order valence-corrected chi connectivity index (χ4v) is 2.17. The lowest BCUT2D eigenvalue weighted by molar-refractivity contribution is -0.155. The second kappa shape index (κ2) is 12.2. The van der Waals surface area contributed by atoms with E-state index in [1.807, 2.05) is 0 Å². The average molecular weight is 395 g/mol. The summed E-state index contributed by atoms with van der Waals surface area (Å²) in [6.07, 6.45) is -8.62. The van der Waals surface area contributed by atoms with Crippen LogP contribution in [-0.2, 0) is 9.53 Å². The van der Waals surface area contributed by atoms with Crippen LogP contribution in [0.3, 0.4) is 0 Å². The Morgan fingerprint density at radius 1 is 0.926 bits per heavy atom. The third-order valence-corrected chi connectivity index (χ3v) is 3.70. The number of hydrogen-bond donors (Lipinski definition) is 7. The van der Waals surface area contributed by atoms with Crippen molar-refractivity contribution in [3.05, 3.63) is 0 Å². The van der Waals surface area contributed by atoms with Gasteiger partial charge in [0.25, 0.3) is 0 Å². The normalized spacial score (nSPS) is 17.5. The Morgan fingerprint density at radius 3 is 2.04 bits per heavy atom. The first-order valence-electron chi connectivity index (χ1n) is 8.91. The van der Waals surface area contributed by atoms with Crippen LogP contribution in [0.25, 0.3) is 0 Å². The van der Waals surface area contributed by atoms with Gasteiger partial charge in [-0.2, -0.15) is 0 Å². The molecule has 0 radical (unpaired) electrons. The lowest BCUT2D eigenvalue weighted by atomic mass is 9.95. The third kappa shape index (κ3) is 10.6. The first-order valence-corrected chi connectivity index (χ1v) is 8.91. The van der Waals surface area contributed by atoms with E-state index in [0.29, 0.717) is 25.8 Å². The van der Waals surface area contributed by atoms with Gasteiger partial charge in [0, 0.05) is 13.0 Å². The van der Waals surface area contributed by atoms with Crippen LogP contribution in [0, 0.1) is 0 Å². The summed E-state index contributed by atoms with van der Waals surface area (Å²) in [6, 6.07) is 0. The maximum Gasteiger partial charge on any atom is 0.407 e. The highest BCUT2D eigenvalue weighted by Gasteiger charge is 2.36. The summed E-state index contributed by atoms with van der Waals surface area (Å²) in [5.74, 6) is -0.729. The van der Waals surface area contributed by atoms with Crippen LogP contribution in [0.1, 0.15) is 46.5 Å². The van der Waals surface area contributed by atoms with Gasteiger partial charge in [-0.05, 0) is 33.6 Å². The predicted octanol–water partition coefficient (Wildman–Crippen LogP) is -1.56. The molecular weight excluding hydrogens is 362 g/mol. The molecule has 0 rings (SSSR count). The Bertz CT molecular complexity index is 452. The third-order valence-electron chi connectivity index (χ3n) is 3.70. The van der Waals surface area contributed by atoms with Crippen LogP contribution in [0.4, 0.5) is 4.79 Å². The standard InChI is InChI=1S/C17H33NO9/c1-17(2,3)27-16(26)18-8-6-4-5-7-10(20)12(22)14(24)15(25)13(23)11(21)9-19/h11-15,19,21-25H,4-9H2,1-3H3,(H,18,26)/t11-,12?,13-,14+,15+/m1/s1. The number of alkyl carbamates (subject to hydrolysis) is 1. The van der Waals surface area contributed by atoms with Gasteiger partial charge in [-0.25, -0.2) is 4.79 Å². The highest BCUT2D eigenvalue weighted by molar-refractivity contribution is 5.83. The van der Waals surface area contributed by atoms with E-state index in [1.54, 1.807) is 20.8 Å². The molecule has 0 spiro atoms. The Labute approximate surface area is 158 Å². The molecule has 5 atom stereocenters. The van der Waals surface area contributed by atoms with Crippen LogP contribution >= 0.6 is 0 Å². The summed E-state index contributed by atoms with van der Waals surface area (Å²) in [4.78, 5) is 23.3. The molecule has 0 aliphatic heterocycles. The van der Waals surface area contributed by atoms with Crippen molar-refractivity contribution in [3.8, 4) is 0 Å². The van der Waals surface area contributed by atoms with Crippen molar-refractivity contribution in [1.82, 2.24) is 5.32 Å². The first-order chi connectivity index (χ1) is 12.4. The van der Waals surface area contributed by atoms with Gasteiger partial charge in [0.1, 0.15) is 36.1 Å². The molecular formula is C17H33NO9. The number of ether oxygens (including phenoxy) is 1. The summed E-state index contributed by atoms with van der Waals surface area (Å²) < 4.78 is 5.06. The zero-order valence-corrected chi connectivity index (χ0v) is 16.0. The maximum absolute atomic E-state index is 11.8. The topological polar surface area (TPSA) is 177 Å². The minimum Gasteiger partial charge on any atom is -0.444 e. The van der Waals surface area contributed by atoms with Crippen molar-refractivity contribution in [1.29, 1.82) is 0 Å². The molecule has 0 fully saturated rings. The monoisotopic (exact) mass is 395 g/mol. The van der Waals surface area contributed by atoms with Crippen molar-refractivity contribution in [2.24, 2.45) is 0 Å². The Balaban J connectivity index is 4.09. The first kappa shape index (κ1) is 25.7. The summed E-state index contributed by atoms with van der Waals surface area (Å²) in [5.41, 5.74) is -0.584. The summed E-state index contributed by atoms with van der Waals surface area (Å²) in [5, 5.41) is 59.1. The summed E-state index contributed by atoms with van der Waals surface area (Å²) in [7, 11) is 0. The summed E-state index contributed by atoms with van der Waals surface area (Å²) in [6.45, 7) is 4.75. The minimum atomic E-state index is -2.00. The van der Waals surface area contributed by atoms with E-state index in [-0.39, 0.29) is 6.42 Å². The molecule has 160 valence electrons. The number of Topliss-reactive ketones (excluding diaryl/α,β-unsaturated/α-hetero) is 1. The lowest BCUT2D eigenvalue weighted by Crippen LogP contribution is -2.51. The molecule has 0 bridgehead atoms. The highest BCUT2D eigenvalue weighted by atomic mass is 16.6. The number of carbonyl (C=O) groups is 2. The molecule has 0 aliphatic rings. The van der Waals surface area contributed by atoms with Gasteiger partial charge >= 0.3 is 6.09 Å². The number of unbranched alkanes of at least 4 members (excludes halogenated alkanes) is 2. The molecule has 0 aromatic heterocycles. The molecule has 1 unspecified atom stereocenters. The largest absolute Gasteiger partial charge is 0.444 e. The van der Waals surface area contributed by atoms with E-state index in [2.05, 4.69) is 5.32 Å². The highest BCUT2D eigenvalue weighted by Crippen LogP contribution is 2.12. The van der Waals surface area contributed by atoms with Crippen LogP contribution in [-0.4, -0.2) is 91.8 Å². The molecule has 0 saturated carbocycles. The molecule has 7 N–H and O–H groups in total. The van der Waals surface area contributed by atoms with Gasteiger partial charge in [0.2, 0.25) is 0 Å². The lowest BCUT2D eigenvalue weighted by Gasteiger charge is -2.27. The van der Waals surface area contributed by atoms with Crippen LogP contribution in [0.5, 0.6) is 0 Å². The van der Waals surface area contributed by atoms with Crippen LogP contribution < -0.4 is 5.32 Å². The molecule has 0 heterocycles. The number of amides is 1. The molecule has 27 heavy (non-hydrogen) atoms. The Hall–Kier alpha value is -1.30. The Morgan fingerprint density at radius 2 is 1.52 bits per heavy atom. The zero-order chi connectivity index (χ0) is 21.2. The number of rotatable bonds is 12.